The monoisotopic (exact) mass is 1060 g/mol. The normalized spacial score (nSPS) is 10.4. The summed E-state index contributed by atoms with van der Waals surface area (Å²) < 4.78 is 1.12. The summed E-state index contributed by atoms with van der Waals surface area (Å²) >= 11 is 3.42. The average molecular weight is 1060 g/mol. The lowest BCUT2D eigenvalue weighted by Gasteiger charge is -2.26. The first-order chi connectivity index (χ1) is 38.1. The van der Waals surface area contributed by atoms with Crippen molar-refractivity contribution in [3.05, 3.63) is 332 Å². The third kappa shape index (κ3) is 14.3. The van der Waals surface area contributed by atoms with Gasteiger partial charge in [0.1, 0.15) is 0 Å². The van der Waals surface area contributed by atoms with Gasteiger partial charge in [0.2, 0.25) is 0 Å². The van der Waals surface area contributed by atoms with Crippen molar-refractivity contribution in [2.24, 2.45) is 0 Å². The largest absolute Gasteiger partial charge is 0.356 e. The van der Waals surface area contributed by atoms with Crippen molar-refractivity contribution in [2.75, 3.05) is 20.9 Å². The van der Waals surface area contributed by atoms with E-state index in [0.29, 0.717) is 0 Å². The van der Waals surface area contributed by atoms with E-state index in [-0.39, 0.29) is 0 Å². The maximum atomic E-state index is 3.45. The molecule has 0 aromatic heterocycles. The smallest absolute Gasteiger partial charge is 0.0462 e. The molecule has 0 atom stereocenters. The van der Waals surface area contributed by atoms with Crippen LogP contribution in [0.15, 0.2) is 332 Å². The highest BCUT2D eigenvalue weighted by Gasteiger charge is 2.13. The fourth-order valence-corrected chi connectivity index (χ4v) is 9.10. The lowest BCUT2D eigenvalue weighted by atomic mass is 10.0. The van der Waals surface area contributed by atoms with E-state index in [1.807, 2.05) is 60.7 Å². The third-order valence-electron chi connectivity index (χ3n) is 12.8. The quantitative estimate of drug-likeness (QED) is 0.108. The lowest BCUT2D eigenvalue weighted by molar-refractivity contribution is 1.28. The lowest BCUT2D eigenvalue weighted by Crippen LogP contribution is -2.09. The molecule has 0 radical (unpaired) electrons. The van der Waals surface area contributed by atoms with Crippen LogP contribution >= 0.6 is 15.9 Å². The highest BCUT2D eigenvalue weighted by molar-refractivity contribution is 9.10. The Hall–Kier alpha value is -9.68. The van der Waals surface area contributed by atoms with Crippen LogP contribution in [0.3, 0.4) is 0 Å². The molecular formula is C72H57BrN4. The van der Waals surface area contributed by atoms with Gasteiger partial charge in [-0.2, -0.15) is 0 Å². The molecule has 0 unspecified atom stereocenters. The second-order valence-corrected chi connectivity index (χ2v) is 19.1. The van der Waals surface area contributed by atoms with Crippen LogP contribution in [-0.4, -0.2) is 0 Å². The number of hydrogen-bond acceptors (Lipinski definition) is 4. The predicted molar refractivity (Wildman–Crippen MR) is 333 cm³/mol. The van der Waals surface area contributed by atoms with Gasteiger partial charge in [-0.3, -0.25) is 0 Å². The summed E-state index contributed by atoms with van der Waals surface area (Å²) in [6.07, 6.45) is 0. The zero-order valence-corrected chi connectivity index (χ0v) is 44.1. The van der Waals surface area contributed by atoms with Gasteiger partial charge in [0, 0.05) is 55.7 Å². The van der Waals surface area contributed by atoms with E-state index in [4.69, 9.17) is 0 Å². The molecule has 0 aliphatic rings. The molecule has 3 N–H and O–H groups in total. The minimum atomic E-state index is 1.07. The van der Waals surface area contributed by atoms with Crippen molar-refractivity contribution in [1.82, 2.24) is 0 Å². The van der Waals surface area contributed by atoms with E-state index in [2.05, 4.69) is 304 Å². The van der Waals surface area contributed by atoms with Crippen LogP contribution < -0.4 is 20.9 Å². The SMILES string of the molecule is Brc1ccc(-c2ccccc2)cc1.c1ccc(Nc2ccc(-c3ccc(N(c4ccccc4)c4ccc(-c5ccccc5)cc4)cc3)cc2)cc1.c1ccc(Nc2ccc(-c3ccc(Nc4ccccc4)cc3)cc2)cc1. The van der Waals surface area contributed by atoms with E-state index < -0.39 is 0 Å². The van der Waals surface area contributed by atoms with Gasteiger partial charge in [-0.15, -0.1) is 0 Å². The third-order valence-corrected chi connectivity index (χ3v) is 13.4. The Balaban J connectivity index is 0.000000148. The van der Waals surface area contributed by atoms with Gasteiger partial charge >= 0.3 is 0 Å². The highest BCUT2D eigenvalue weighted by Crippen LogP contribution is 2.37. The molecule has 0 bridgehead atoms. The zero-order valence-electron chi connectivity index (χ0n) is 42.5. The molecule has 0 aliphatic heterocycles. The molecule has 0 amide bonds. The van der Waals surface area contributed by atoms with Crippen LogP contribution in [0.4, 0.5) is 51.2 Å². The van der Waals surface area contributed by atoms with Crippen LogP contribution in [0.25, 0.3) is 44.5 Å². The van der Waals surface area contributed by atoms with Crippen molar-refractivity contribution in [3.63, 3.8) is 0 Å². The molecule has 0 saturated heterocycles. The number of hydrogen-bond donors (Lipinski definition) is 3. The molecule has 0 spiro atoms. The van der Waals surface area contributed by atoms with Crippen molar-refractivity contribution in [2.45, 2.75) is 0 Å². The molecule has 12 aromatic carbocycles. The average Bonchev–Trinajstić information content (AvgIpc) is 3.50. The summed E-state index contributed by atoms with van der Waals surface area (Å²) in [7, 11) is 0. The molecule has 0 heterocycles. The van der Waals surface area contributed by atoms with Gasteiger partial charge in [0.05, 0.1) is 0 Å². The topological polar surface area (TPSA) is 39.3 Å². The van der Waals surface area contributed by atoms with Crippen LogP contribution in [-0.2, 0) is 0 Å². The Kier molecular flexibility index (Phi) is 17.2. The first-order valence-corrected chi connectivity index (χ1v) is 26.5. The summed E-state index contributed by atoms with van der Waals surface area (Å²) in [6, 6.07) is 114. The fraction of sp³-hybridized carbons (Fsp3) is 0. The maximum absolute atomic E-state index is 3.45. The Morgan fingerprint density at radius 2 is 0.377 bits per heavy atom. The van der Waals surface area contributed by atoms with Gasteiger partial charge in [-0.25, -0.2) is 0 Å². The molecule has 0 aliphatic carbocycles. The molecule has 12 rings (SSSR count). The second-order valence-electron chi connectivity index (χ2n) is 18.2. The number of nitrogens with one attached hydrogen (secondary N) is 3. The highest BCUT2D eigenvalue weighted by atomic mass is 79.9. The number of anilines is 9. The first kappa shape index (κ1) is 50.8. The first-order valence-electron chi connectivity index (χ1n) is 25.8. The van der Waals surface area contributed by atoms with Gasteiger partial charge in [-0.05, 0) is 166 Å². The van der Waals surface area contributed by atoms with Crippen molar-refractivity contribution >= 4 is 67.1 Å². The van der Waals surface area contributed by atoms with Gasteiger partial charge in [0.15, 0.2) is 0 Å². The number of rotatable bonds is 13. The van der Waals surface area contributed by atoms with E-state index in [1.165, 1.54) is 44.5 Å². The number of para-hydroxylation sites is 4. The van der Waals surface area contributed by atoms with E-state index in [1.54, 1.807) is 0 Å². The molecule has 0 saturated carbocycles. The Morgan fingerprint density at radius 3 is 0.662 bits per heavy atom. The Bertz CT molecular complexity index is 3540. The minimum absolute atomic E-state index is 1.07. The molecule has 12 aromatic rings. The fourth-order valence-electron chi connectivity index (χ4n) is 8.84. The van der Waals surface area contributed by atoms with E-state index in [0.717, 1.165) is 55.7 Å². The zero-order chi connectivity index (χ0) is 52.3. The Labute approximate surface area is 461 Å². The number of halogens is 1. The predicted octanol–water partition coefficient (Wildman–Crippen LogP) is 21.2. The summed E-state index contributed by atoms with van der Waals surface area (Å²) in [5.41, 5.74) is 19.6. The molecule has 5 heteroatoms. The maximum Gasteiger partial charge on any atom is 0.0462 e. The minimum Gasteiger partial charge on any atom is -0.356 e. The molecule has 0 fully saturated rings. The molecule has 4 nitrogen and oxygen atoms in total. The van der Waals surface area contributed by atoms with E-state index in [9.17, 15) is 0 Å². The molecule has 372 valence electrons. The van der Waals surface area contributed by atoms with Gasteiger partial charge in [0.25, 0.3) is 0 Å². The summed E-state index contributed by atoms with van der Waals surface area (Å²) in [4.78, 5) is 2.30. The van der Waals surface area contributed by atoms with Crippen LogP contribution in [0.1, 0.15) is 0 Å². The van der Waals surface area contributed by atoms with Crippen molar-refractivity contribution in [1.29, 1.82) is 0 Å². The second kappa shape index (κ2) is 26.0. The van der Waals surface area contributed by atoms with Gasteiger partial charge < -0.3 is 20.9 Å². The van der Waals surface area contributed by atoms with Gasteiger partial charge in [-0.1, -0.05) is 222 Å². The Morgan fingerprint density at radius 1 is 0.182 bits per heavy atom. The van der Waals surface area contributed by atoms with Crippen LogP contribution in [0.5, 0.6) is 0 Å². The van der Waals surface area contributed by atoms with Crippen molar-refractivity contribution in [3.8, 4) is 44.5 Å². The van der Waals surface area contributed by atoms with Crippen LogP contribution in [0, 0.1) is 0 Å². The number of benzene rings is 12. The summed E-state index contributed by atoms with van der Waals surface area (Å²) in [6.45, 7) is 0. The summed E-state index contributed by atoms with van der Waals surface area (Å²) in [5.74, 6) is 0. The standard InChI is InChI=1S/C36H28N2.C24H20N2.C12H9Br/c1-4-10-28(11-5-1)30-18-24-35(25-19-30)38(34-14-8-3-9-15-34)36-26-20-31(21-27-36)29-16-22-33(23-17-29)37-32-12-6-2-7-13-32;1-3-7-21(8-4-1)25-23-15-11-19(12-16-23)20-13-17-24(18-14-20)26-22-9-5-2-6-10-22;13-12-8-6-11(7-9-12)10-4-2-1-3-5-10/h1-27,37H;1-18,25-26H;1-9H. The number of nitrogens with zero attached hydrogens (tertiary/aromatic N) is 1. The van der Waals surface area contributed by atoms with E-state index >= 15 is 0 Å². The van der Waals surface area contributed by atoms with Crippen LogP contribution in [0.2, 0.25) is 0 Å². The summed E-state index contributed by atoms with van der Waals surface area (Å²) in [5, 5.41) is 10.3. The molecular weight excluding hydrogens is 1000 g/mol. The molecule has 77 heavy (non-hydrogen) atoms. The van der Waals surface area contributed by atoms with Crippen molar-refractivity contribution < 1.29 is 0 Å².